The second-order valence-corrected chi connectivity index (χ2v) is 6.70. The fourth-order valence-electron chi connectivity index (χ4n) is 1.51. The van der Waals surface area contributed by atoms with E-state index in [1.165, 1.54) is 21.6 Å². The SMILES string of the molecule is Cc1ncc([N+](=O)[O-])n1CCOC(=O)NCCSSCCO. The van der Waals surface area contributed by atoms with Gasteiger partial charge in [0.05, 0.1) is 6.61 Å². The van der Waals surface area contributed by atoms with Gasteiger partial charge >= 0.3 is 11.9 Å². The molecule has 0 saturated heterocycles. The number of imidazole rings is 1. The second-order valence-electron chi connectivity index (χ2n) is 4.00. The highest BCUT2D eigenvalue weighted by atomic mass is 33.1. The zero-order valence-corrected chi connectivity index (χ0v) is 13.7. The second kappa shape index (κ2) is 10.3. The smallest absolute Gasteiger partial charge is 0.407 e. The number of hydrogen-bond acceptors (Lipinski definition) is 8. The van der Waals surface area contributed by atoms with Crippen LogP contribution in [0.1, 0.15) is 5.82 Å². The van der Waals surface area contributed by atoms with Crippen LogP contribution in [0.3, 0.4) is 0 Å². The molecule has 0 radical (unpaired) electrons. The van der Waals surface area contributed by atoms with Gasteiger partial charge in [0.2, 0.25) is 0 Å². The number of aliphatic hydroxyl groups excluding tert-OH is 1. The number of aryl methyl sites for hydroxylation is 1. The normalized spacial score (nSPS) is 10.5. The van der Waals surface area contributed by atoms with Crippen LogP contribution in [0.5, 0.6) is 0 Å². The molecule has 124 valence electrons. The molecule has 9 nitrogen and oxygen atoms in total. The number of aromatic nitrogens is 2. The molecule has 0 aliphatic carbocycles. The predicted octanol–water partition coefficient (Wildman–Crippen LogP) is 1.20. The summed E-state index contributed by atoms with van der Waals surface area (Å²) in [5.74, 6) is 1.72. The van der Waals surface area contributed by atoms with Gasteiger partial charge in [-0.25, -0.2) is 14.3 Å². The Labute approximate surface area is 135 Å². The molecular formula is C11H18N4O5S2. The van der Waals surface area contributed by atoms with E-state index in [0.29, 0.717) is 23.9 Å². The van der Waals surface area contributed by atoms with Crippen molar-refractivity contribution in [3.63, 3.8) is 0 Å². The number of amides is 1. The first-order valence-corrected chi connectivity index (χ1v) is 8.97. The van der Waals surface area contributed by atoms with Crippen LogP contribution in [0.2, 0.25) is 0 Å². The van der Waals surface area contributed by atoms with Crippen LogP contribution in [0.4, 0.5) is 10.6 Å². The Morgan fingerprint density at radius 3 is 2.95 bits per heavy atom. The lowest BCUT2D eigenvalue weighted by atomic mass is 10.6. The highest BCUT2D eigenvalue weighted by Crippen LogP contribution is 2.19. The number of ether oxygens (including phenoxy) is 1. The van der Waals surface area contributed by atoms with Crippen molar-refractivity contribution in [2.75, 3.05) is 31.3 Å². The third kappa shape index (κ3) is 6.54. The number of carbonyl (C=O) groups is 1. The van der Waals surface area contributed by atoms with Crippen LogP contribution in [0.25, 0.3) is 0 Å². The summed E-state index contributed by atoms with van der Waals surface area (Å²) in [5, 5.41) is 21.9. The first-order valence-electron chi connectivity index (χ1n) is 6.48. The summed E-state index contributed by atoms with van der Waals surface area (Å²) in [4.78, 5) is 25.5. The lowest BCUT2D eigenvalue weighted by Gasteiger charge is -2.07. The molecule has 2 N–H and O–H groups in total. The van der Waals surface area contributed by atoms with Crippen molar-refractivity contribution in [3.8, 4) is 0 Å². The standard InChI is InChI=1S/C11H18N4O5S2/c1-9-13-8-10(15(18)19)14(9)3-5-20-11(17)12-2-6-21-22-7-4-16/h8,16H,2-7H2,1H3,(H,12,17). The number of aliphatic hydroxyl groups is 1. The summed E-state index contributed by atoms with van der Waals surface area (Å²) in [6.07, 6.45) is 0.615. The van der Waals surface area contributed by atoms with Gasteiger partial charge in [-0.15, -0.1) is 0 Å². The molecule has 0 spiro atoms. The Hall–Kier alpha value is -1.46. The van der Waals surface area contributed by atoms with Gasteiger partial charge < -0.3 is 25.3 Å². The van der Waals surface area contributed by atoms with Crippen molar-refractivity contribution in [2.45, 2.75) is 13.5 Å². The topological polar surface area (TPSA) is 120 Å². The molecule has 0 aromatic carbocycles. The summed E-state index contributed by atoms with van der Waals surface area (Å²) in [7, 11) is 3.08. The lowest BCUT2D eigenvalue weighted by molar-refractivity contribution is -0.392. The largest absolute Gasteiger partial charge is 0.445 e. The zero-order valence-electron chi connectivity index (χ0n) is 12.1. The van der Waals surface area contributed by atoms with Crippen LogP contribution < -0.4 is 5.32 Å². The van der Waals surface area contributed by atoms with E-state index in [4.69, 9.17) is 9.84 Å². The lowest BCUT2D eigenvalue weighted by Crippen LogP contribution is -2.27. The average Bonchev–Trinajstić information content (AvgIpc) is 2.84. The number of nitro groups is 1. The molecule has 0 unspecified atom stereocenters. The number of carbonyl (C=O) groups excluding carboxylic acids is 1. The summed E-state index contributed by atoms with van der Waals surface area (Å²) in [6, 6.07) is 0. The predicted molar refractivity (Wildman–Crippen MR) is 85.0 cm³/mol. The summed E-state index contributed by atoms with van der Waals surface area (Å²) < 4.78 is 6.34. The summed E-state index contributed by atoms with van der Waals surface area (Å²) in [6.45, 7) is 2.43. The van der Waals surface area contributed by atoms with Crippen molar-refractivity contribution < 1.29 is 19.6 Å². The van der Waals surface area contributed by atoms with Crippen LogP contribution >= 0.6 is 21.6 Å². The Kier molecular flexibility index (Phi) is 8.70. The average molecular weight is 350 g/mol. The molecular weight excluding hydrogens is 332 g/mol. The summed E-state index contributed by atoms with van der Waals surface area (Å²) >= 11 is 0. The van der Waals surface area contributed by atoms with Gasteiger partial charge in [-0.1, -0.05) is 21.6 Å². The summed E-state index contributed by atoms with van der Waals surface area (Å²) in [5.41, 5.74) is 0. The monoisotopic (exact) mass is 350 g/mol. The van der Waals surface area contributed by atoms with Crippen LogP contribution in [-0.2, 0) is 11.3 Å². The molecule has 0 bridgehead atoms. The minimum absolute atomic E-state index is 0.0241. The molecule has 0 fully saturated rings. The Bertz CT molecular complexity index is 497. The van der Waals surface area contributed by atoms with E-state index in [-0.39, 0.29) is 25.6 Å². The van der Waals surface area contributed by atoms with Gasteiger partial charge in [-0.2, -0.15) is 0 Å². The highest BCUT2D eigenvalue weighted by Gasteiger charge is 2.17. The van der Waals surface area contributed by atoms with E-state index >= 15 is 0 Å². The van der Waals surface area contributed by atoms with E-state index < -0.39 is 11.0 Å². The molecule has 11 heteroatoms. The molecule has 1 aromatic rings. The zero-order chi connectivity index (χ0) is 16.4. The Morgan fingerprint density at radius 2 is 2.27 bits per heavy atom. The van der Waals surface area contributed by atoms with Gasteiger partial charge in [0.15, 0.2) is 5.82 Å². The van der Waals surface area contributed by atoms with Gasteiger partial charge in [0.25, 0.3) is 0 Å². The minimum atomic E-state index is -0.562. The molecule has 1 rings (SSSR count). The van der Waals surface area contributed by atoms with Crippen molar-refractivity contribution in [3.05, 3.63) is 22.1 Å². The fourth-order valence-corrected chi connectivity index (χ4v) is 3.19. The van der Waals surface area contributed by atoms with Crippen LogP contribution in [0, 0.1) is 17.0 Å². The fraction of sp³-hybridized carbons (Fsp3) is 0.636. The van der Waals surface area contributed by atoms with Crippen molar-refractivity contribution in [1.29, 1.82) is 0 Å². The van der Waals surface area contributed by atoms with Crippen LogP contribution in [0.15, 0.2) is 6.20 Å². The maximum Gasteiger partial charge on any atom is 0.407 e. The van der Waals surface area contributed by atoms with Crippen molar-refractivity contribution >= 4 is 33.5 Å². The van der Waals surface area contributed by atoms with Crippen molar-refractivity contribution in [1.82, 2.24) is 14.9 Å². The number of alkyl carbamates (subject to hydrolysis) is 1. The molecule has 1 amide bonds. The first kappa shape index (κ1) is 18.6. The maximum absolute atomic E-state index is 11.4. The van der Waals surface area contributed by atoms with E-state index in [9.17, 15) is 14.9 Å². The molecule has 1 aromatic heterocycles. The molecule has 1 heterocycles. The third-order valence-corrected chi connectivity index (χ3v) is 4.87. The van der Waals surface area contributed by atoms with Gasteiger partial charge in [0, 0.05) is 25.0 Å². The number of hydrogen-bond donors (Lipinski definition) is 2. The molecule has 22 heavy (non-hydrogen) atoms. The number of rotatable bonds is 10. The maximum atomic E-state index is 11.4. The van der Waals surface area contributed by atoms with E-state index in [1.807, 2.05) is 0 Å². The first-order chi connectivity index (χ1) is 10.6. The van der Waals surface area contributed by atoms with Crippen molar-refractivity contribution in [2.24, 2.45) is 0 Å². The number of nitrogens with zero attached hydrogens (tertiary/aromatic N) is 3. The van der Waals surface area contributed by atoms with Crippen LogP contribution in [-0.4, -0.2) is 56.9 Å². The minimum Gasteiger partial charge on any atom is -0.445 e. The highest BCUT2D eigenvalue weighted by molar-refractivity contribution is 8.76. The molecule has 0 aliphatic rings. The molecule has 0 aliphatic heterocycles. The number of nitrogens with one attached hydrogen (secondary N) is 1. The van der Waals surface area contributed by atoms with E-state index in [1.54, 1.807) is 17.7 Å². The van der Waals surface area contributed by atoms with Gasteiger partial charge in [-0.05, 0) is 4.92 Å². The van der Waals surface area contributed by atoms with Gasteiger partial charge in [-0.3, -0.25) is 0 Å². The van der Waals surface area contributed by atoms with E-state index in [2.05, 4.69) is 10.3 Å². The Balaban J connectivity index is 2.20. The Morgan fingerprint density at radius 1 is 1.55 bits per heavy atom. The molecule has 0 atom stereocenters. The quantitative estimate of drug-likeness (QED) is 0.279. The molecule has 0 saturated carbocycles. The van der Waals surface area contributed by atoms with Gasteiger partial charge in [0.1, 0.15) is 19.3 Å². The third-order valence-electron chi connectivity index (χ3n) is 2.48. The van der Waals surface area contributed by atoms with E-state index in [0.717, 1.165) is 0 Å².